The molecule has 1 aliphatic heterocycles. The number of hydrogen-bond donors (Lipinski definition) is 1. The molecule has 25 heavy (non-hydrogen) atoms. The second-order valence-electron chi connectivity index (χ2n) is 6.33. The third-order valence-electron chi connectivity index (χ3n) is 4.58. The first-order chi connectivity index (χ1) is 12.1. The molecule has 0 spiro atoms. The van der Waals surface area contributed by atoms with Gasteiger partial charge >= 0.3 is 5.97 Å². The van der Waals surface area contributed by atoms with E-state index in [2.05, 4.69) is 4.98 Å². The fourth-order valence-corrected chi connectivity index (χ4v) is 4.04. The van der Waals surface area contributed by atoms with Crippen LogP contribution in [0.25, 0.3) is 4.96 Å². The van der Waals surface area contributed by atoms with E-state index in [4.69, 9.17) is 5.11 Å². The predicted octanol–water partition coefficient (Wildman–Crippen LogP) is 2.80. The van der Waals surface area contributed by atoms with Crippen molar-refractivity contribution in [1.29, 1.82) is 0 Å². The monoisotopic (exact) mass is 355 g/mol. The maximum Gasteiger partial charge on any atom is 0.335 e. The van der Waals surface area contributed by atoms with Crippen molar-refractivity contribution >= 4 is 28.2 Å². The fourth-order valence-electron chi connectivity index (χ4n) is 3.34. The van der Waals surface area contributed by atoms with Gasteiger partial charge in [0.25, 0.3) is 5.91 Å². The first-order valence-corrected chi connectivity index (χ1v) is 9.02. The van der Waals surface area contributed by atoms with E-state index in [9.17, 15) is 9.59 Å². The summed E-state index contributed by atoms with van der Waals surface area (Å²) in [6.07, 6.45) is 5.37. The van der Waals surface area contributed by atoms with E-state index in [1.54, 1.807) is 24.4 Å². The summed E-state index contributed by atoms with van der Waals surface area (Å²) in [6.45, 7) is 1.40. The second kappa shape index (κ2) is 6.33. The number of fused-ring (bicyclic) bond motifs is 1. The van der Waals surface area contributed by atoms with Crippen LogP contribution in [0, 0.1) is 5.92 Å². The third-order valence-corrected chi connectivity index (χ3v) is 5.35. The van der Waals surface area contributed by atoms with Gasteiger partial charge in [0.2, 0.25) is 0 Å². The van der Waals surface area contributed by atoms with E-state index in [0.29, 0.717) is 30.3 Å². The first kappa shape index (κ1) is 15.8. The van der Waals surface area contributed by atoms with Gasteiger partial charge in [-0.3, -0.25) is 9.20 Å². The quantitative estimate of drug-likeness (QED) is 0.781. The van der Waals surface area contributed by atoms with Crippen LogP contribution in [0.1, 0.15) is 32.8 Å². The summed E-state index contributed by atoms with van der Waals surface area (Å²) in [5.74, 6) is -0.598. The Morgan fingerprint density at radius 1 is 1.36 bits per heavy atom. The first-order valence-electron chi connectivity index (χ1n) is 8.14. The Morgan fingerprint density at radius 2 is 2.24 bits per heavy atom. The molecule has 1 N–H and O–H groups in total. The van der Waals surface area contributed by atoms with E-state index in [-0.39, 0.29) is 5.91 Å². The van der Waals surface area contributed by atoms with Gasteiger partial charge < -0.3 is 10.0 Å². The standard InChI is InChI=1S/C18H17N3O3S/c22-16(15-11-21-6-7-25-18(21)19-15)20-5-4-13(10-20)8-12-2-1-3-14(9-12)17(23)24/h1-3,6-7,9,11,13H,4-5,8,10H2,(H,23,24)/t13-/m1/s1. The molecule has 128 valence electrons. The van der Waals surface area contributed by atoms with Gasteiger partial charge in [-0.15, -0.1) is 11.3 Å². The molecule has 1 aromatic carbocycles. The molecule has 0 aliphatic carbocycles. The summed E-state index contributed by atoms with van der Waals surface area (Å²) >= 11 is 1.51. The number of aromatic carboxylic acids is 1. The molecule has 6 nitrogen and oxygen atoms in total. The SMILES string of the molecule is O=C(O)c1cccc(C[C@H]2CCN(C(=O)c3cn4ccsc4n3)C2)c1. The molecular weight excluding hydrogens is 338 g/mol. The topological polar surface area (TPSA) is 74.9 Å². The number of carboxylic acid groups (broad SMARTS) is 1. The molecular formula is C18H17N3O3S. The van der Waals surface area contributed by atoms with Crippen LogP contribution >= 0.6 is 11.3 Å². The van der Waals surface area contributed by atoms with E-state index in [0.717, 1.165) is 23.4 Å². The number of carbonyl (C=O) groups is 2. The molecule has 3 aromatic rings. The molecule has 0 unspecified atom stereocenters. The average molecular weight is 355 g/mol. The molecule has 4 rings (SSSR count). The van der Waals surface area contributed by atoms with Crippen LogP contribution in [0.15, 0.2) is 42.0 Å². The third kappa shape index (κ3) is 3.15. The smallest absolute Gasteiger partial charge is 0.335 e. The molecule has 1 aliphatic rings. The number of aromatic nitrogens is 2. The molecule has 0 bridgehead atoms. The van der Waals surface area contributed by atoms with E-state index in [1.807, 2.05) is 26.9 Å². The van der Waals surface area contributed by atoms with Gasteiger partial charge in [-0.05, 0) is 36.5 Å². The summed E-state index contributed by atoms with van der Waals surface area (Å²) in [5.41, 5.74) is 1.79. The number of benzene rings is 1. The van der Waals surface area contributed by atoms with Crippen LogP contribution in [0.4, 0.5) is 0 Å². The summed E-state index contributed by atoms with van der Waals surface area (Å²) in [4.78, 5) is 30.8. The van der Waals surface area contributed by atoms with Crippen molar-refractivity contribution in [3.63, 3.8) is 0 Å². The zero-order valence-electron chi connectivity index (χ0n) is 13.5. The van der Waals surface area contributed by atoms with Crippen molar-refractivity contribution in [1.82, 2.24) is 14.3 Å². The molecule has 2 aromatic heterocycles. The van der Waals surface area contributed by atoms with Gasteiger partial charge in [-0.1, -0.05) is 12.1 Å². The Labute approximate surface area is 148 Å². The lowest BCUT2D eigenvalue weighted by Gasteiger charge is -2.15. The highest BCUT2D eigenvalue weighted by atomic mass is 32.1. The van der Waals surface area contributed by atoms with Crippen molar-refractivity contribution in [3.8, 4) is 0 Å². The lowest BCUT2D eigenvalue weighted by Crippen LogP contribution is -2.29. The zero-order chi connectivity index (χ0) is 17.4. The van der Waals surface area contributed by atoms with Crippen LogP contribution in [0.3, 0.4) is 0 Å². The number of rotatable bonds is 4. The summed E-state index contributed by atoms with van der Waals surface area (Å²) in [6, 6.07) is 7.03. The van der Waals surface area contributed by atoms with Crippen LogP contribution in [-0.2, 0) is 6.42 Å². The van der Waals surface area contributed by atoms with E-state index >= 15 is 0 Å². The Hall–Kier alpha value is -2.67. The van der Waals surface area contributed by atoms with E-state index in [1.165, 1.54) is 11.3 Å². The van der Waals surface area contributed by atoms with Crippen molar-refractivity contribution in [2.24, 2.45) is 5.92 Å². The fraction of sp³-hybridized carbons (Fsp3) is 0.278. The highest BCUT2D eigenvalue weighted by Crippen LogP contribution is 2.23. The molecule has 3 heterocycles. The minimum absolute atomic E-state index is 0.0299. The number of hydrogen-bond acceptors (Lipinski definition) is 4. The van der Waals surface area contributed by atoms with Crippen LogP contribution in [0.5, 0.6) is 0 Å². The van der Waals surface area contributed by atoms with Gasteiger partial charge in [0.15, 0.2) is 4.96 Å². The number of carboxylic acids is 1. The van der Waals surface area contributed by atoms with Gasteiger partial charge in [0.1, 0.15) is 5.69 Å². The highest BCUT2D eigenvalue weighted by Gasteiger charge is 2.28. The Morgan fingerprint density at radius 3 is 3.04 bits per heavy atom. The number of imidazole rings is 1. The van der Waals surface area contributed by atoms with Gasteiger partial charge in [-0.25, -0.2) is 9.78 Å². The molecule has 1 fully saturated rings. The summed E-state index contributed by atoms with van der Waals surface area (Å²) < 4.78 is 1.86. The Kier molecular flexibility index (Phi) is 4.01. The molecule has 1 amide bonds. The second-order valence-corrected chi connectivity index (χ2v) is 7.21. The van der Waals surface area contributed by atoms with E-state index < -0.39 is 5.97 Å². The minimum Gasteiger partial charge on any atom is -0.478 e. The van der Waals surface area contributed by atoms with Crippen molar-refractivity contribution in [2.75, 3.05) is 13.1 Å². The Bertz CT molecular complexity index is 917. The lowest BCUT2D eigenvalue weighted by atomic mass is 9.97. The van der Waals surface area contributed by atoms with Gasteiger partial charge in [-0.2, -0.15) is 0 Å². The number of nitrogens with zero attached hydrogens (tertiary/aromatic N) is 3. The zero-order valence-corrected chi connectivity index (χ0v) is 14.3. The lowest BCUT2D eigenvalue weighted by molar-refractivity contribution is 0.0696. The van der Waals surface area contributed by atoms with Crippen LogP contribution in [-0.4, -0.2) is 44.4 Å². The molecule has 0 saturated carbocycles. The largest absolute Gasteiger partial charge is 0.478 e. The van der Waals surface area contributed by atoms with Gasteiger partial charge in [0, 0.05) is 30.9 Å². The van der Waals surface area contributed by atoms with Crippen molar-refractivity contribution in [3.05, 3.63) is 58.9 Å². The summed E-state index contributed by atoms with van der Waals surface area (Å²) in [5, 5.41) is 11.0. The maximum atomic E-state index is 12.6. The predicted molar refractivity (Wildman–Crippen MR) is 94.2 cm³/mol. The summed E-state index contributed by atoms with van der Waals surface area (Å²) in [7, 11) is 0. The number of carbonyl (C=O) groups excluding carboxylic acids is 1. The highest BCUT2D eigenvalue weighted by molar-refractivity contribution is 7.15. The minimum atomic E-state index is -0.912. The van der Waals surface area contributed by atoms with Crippen LogP contribution in [0.2, 0.25) is 0 Å². The number of likely N-dealkylation sites (tertiary alicyclic amines) is 1. The molecule has 1 atom stereocenters. The van der Waals surface area contributed by atoms with Crippen molar-refractivity contribution < 1.29 is 14.7 Å². The Balaban J connectivity index is 1.42. The van der Waals surface area contributed by atoms with Crippen molar-refractivity contribution in [2.45, 2.75) is 12.8 Å². The number of amides is 1. The maximum absolute atomic E-state index is 12.6. The average Bonchev–Trinajstić information content (AvgIpc) is 3.30. The number of thiazole rings is 1. The van der Waals surface area contributed by atoms with Gasteiger partial charge in [0.05, 0.1) is 5.56 Å². The normalized spacial score (nSPS) is 17.3. The molecule has 0 radical (unpaired) electrons. The molecule has 7 heteroatoms. The molecule has 1 saturated heterocycles. The van der Waals surface area contributed by atoms with Crippen LogP contribution < -0.4 is 0 Å².